The van der Waals surface area contributed by atoms with Crippen LogP contribution in [-0.4, -0.2) is 37.2 Å². The van der Waals surface area contributed by atoms with Gasteiger partial charge in [0.15, 0.2) is 0 Å². The minimum absolute atomic E-state index is 0.130. The Kier molecular flexibility index (Phi) is 10.6. The maximum atomic E-state index is 13.3. The van der Waals surface area contributed by atoms with Crippen LogP contribution in [0, 0.1) is 11.3 Å². The minimum atomic E-state index is -3.74. The van der Waals surface area contributed by atoms with E-state index < -0.39 is 16.0 Å². The molecule has 0 atom stereocenters. The second-order valence-electron chi connectivity index (χ2n) is 11.8. The fraction of sp³-hybridized carbons (Fsp3) is 0.150. The Labute approximate surface area is 296 Å². The molecule has 1 heterocycles. The molecule has 10 heteroatoms. The van der Waals surface area contributed by atoms with Crippen molar-refractivity contribution in [3.05, 3.63) is 171 Å². The van der Waals surface area contributed by atoms with Crippen LogP contribution in [0.3, 0.4) is 0 Å². The van der Waals surface area contributed by atoms with E-state index in [1.54, 1.807) is 36.4 Å². The summed E-state index contributed by atoms with van der Waals surface area (Å²) in [6, 6.07) is 40.8. The van der Waals surface area contributed by atoms with Crippen LogP contribution < -0.4 is 9.46 Å². The van der Waals surface area contributed by atoms with Gasteiger partial charge in [0, 0.05) is 41.0 Å². The third-order valence-electron chi connectivity index (χ3n) is 8.49. The third kappa shape index (κ3) is 8.07. The largest absolute Gasteiger partial charge is 0.493 e. The minimum Gasteiger partial charge on any atom is -0.493 e. The highest BCUT2D eigenvalue weighted by Gasteiger charge is 2.26. The number of nitrogens with zero attached hydrogens (tertiary/aromatic N) is 2. The van der Waals surface area contributed by atoms with E-state index in [1.807, 2.05) is 54.6 Å². The third-order valence-corrected chi connectivity index (χ3v) is 10.1. The van der Waals surface area contributed by atoms with Gasteiger partial charge in [-0.25, -0.2) is 17.9 Å². The number of carboxylic acid groups (broad SMARTS) is 1. The number of sulfonamides is 1. The van der Waals surface area contributed by atoms with E-state index >= 15 is 0 Å². The number of carbonyl (C=O) groups is 1. The van der Waals surface area contributed by atoms with Gasteiger partial charge in [-0.3, -0.25) is 0 Å². The summed E-state index contributed by atoms with van der Waals surface area (Å²) in [6.45, 7) is 0.415. The summed E-state index contributed by atoms with van der Waals surface area (Å²) in [5.41, 5.74) is 6.07. The summed E-state index contributed by atoms with van der Waals surface area (Å²) in [4.78, 5) is 11.3. The van der Waals surface area contributed by atoms with Crippen molar-refractivity contribution in [2.45, 2.75) is 24.6 Å². The van der Waals surface area contributed by atoms with Crippen molar-refractivity contribution in [2.24, 2.45) is 0 Å². The van der Waals surface area contributed by atoms with Gasteiger partial charge in [-0.15, -0.1) is 0 Å². The SMILES string of the molecule is N#Cc1cccc(CS(=O)(=O)NCCc2c(CCOc3ccc(C(=O)O)cc3)c3cc(Cl)ccc3n2C(c2ccccc2)c2ccccc2)c1. The lowest BCUT2D eigenvalue weighted by Crippen LogP contribution is -2.28. The number of carboxylic acids is 1. The molecule has 0 spiro atoms. The van der Waals surface area contributed by atoms with E-state index in [2.05, 4.69) is 39.6 Å². The molecule has 0 amide bonds. The molecule has 8 nitrogen and oxygen atoms in total. The van der Waals surface area contributed by atoms with E-state index in [1.165, 1.54) is 12.1 Å². The number of hydrogen-bond acceptors (Lipinski definition) is 5. The first-order valence-electron chi connectivity index (χ1n) is 16.1. The van der Waals surface area contributed by atoms with E-state index in [9.17, 15) is 23.6 Å². The molecule has 0 radical (unpaired) electrons. The molecule has 0 aliphatic rings. The van der Waals surface area contributed by atoms with Gasteiger partial charge in [-0.1, -0.05) is 84.4 Å². The molecule has 252 valence electrons. The Bertz CT molecular complexity index is 2230. The lowest BCUT2D eigenvalue weighted by Gasteiger charge is -2.25. The van der Waals surface area contributed by atoms with Gasteiger partial charge in [-0.2, -0.15) is 5.26 Å². The second kappa shape index (κ2) is 15.4. The molecule has 0 unspecified atom stereocenters. The topological polar surface area (TPSA) is 121 Å². The van der Waals surface area contributed by atoms with Gasteiger partial charge in [0.25, 0.3) is 0 Å². The number of nitrogens with one attached hydrogen (secondary N) is 1. The molecular weight excluding hydrogens is 670 g/mol. The van der Waals surface area contributed by atoms with Crippen LogP contribution >= 0.6 is 11.6 Å². The second-order valence-corrected chi connectivity index (χ2v) is 14.1. The summed E-state index contributed by atoms with van der Waals surface area (Å²) in [5.74, 6) is -0.722. The number of benzene rings is 5. The highest BCUT2D eigenvalue weighted by atomic mass is 35.5. The average Bonchev–Trinajstić information content (AvgIpc) is 3.40. The number of fused-ring (bicyclic) bond motifs is 1. The molecule has 0 aliphatic carbocycles. The number of aromatic carboxylic acids is 1. The number of ether oxygens (including phenoxy) is 1. The highest BCUT2D eigenvalue weighted by molar-refractivity contribution is 7.88. The van der Waals surface area contributed by atoms with Crippen LogP contribution in [0.4, 0.5) is 0 Å². The van der Waals surface area contributed by atoms with Gasteiger partial charge in [0.05, 0.1) is 35.6 Å². The smallest absolute Gasteiger partial charge is 0.335 e. The zero-order chi connectivity index (χ0) is 35.1. The zero-order valence-corrected chi connectivity index (χ0v) is 28.6. The van der Waals surface area contributed by atoms with Gasteiger partial charge in [0.2, 0.25) is 10.0 Å². The van der Waals surface area contributed by atoms with Crippen LogP contribution in [0.15, 0.2) is 127 Å². The van der Waals surface area contributed by atoms with Crippen LogP contribution in [-0.2, 0) is 28.6 Å². The Morgan fingerprint density at radius 2 is 1.54 bits per heavy atom. The summed E-state index contributed by atoms with van der Waals surface area (Å²) in [5, 5.41) is 20.0. The Morgan fingerprint density at radius 3 is 2.18 bits per heavy atom. The number of nitriles is 1. The fourth-order valence-corrected chi connectivity index (χ4v) is 7.61. The van der Waals surface area contributed by atoms with Gasteiger partial charge in [-0.05, 0) is 76.9 Å². The normalized spacial score (nSPS) is 11.5. The van der Waals surface area contributed by atoms with Crippen LogP contribution in [0.1, 0.15) is 49.9 Å². The molecule has 1 aromatic heterocycles. The van der Waals surface area contributed by atoms with Crippen molar-refractivity contribution >= 4 is 38.5 Å². The first kappa shape index (κ1) is 34.5. The predicted octanol–water partition coefficient (Wildman–Crippen LogP) is 7.79. The summed E-state index contributed by atoms with van der Waals surface area (Å²) in [7, 11) is -3.74. The Morgan fingerprint density at radius 1 is 0.860 bits per heavy atom. The van der Waals surface area contributed by atoms with E-state index in [0.29, 0.717) is 34.7 Å². The van der Waals surface area contributed by atoms with E-state index in [0.717, 1.165) is 33.3 Å². The fourth-order valence-electron chi connectivity index (χ4n) is 6.30. The van der Waals surface area contributed by atoms with E-state index in [4.69, 9.17) is 16.3 Å². The molecule has 0 saturated heterocycles. The van der Waals surface area contributed by atoms with Crippen molar-refractivity contribution in [1.82, 2.24) is 9.29 Å². The summed E-state index contributed by atoms with van der Waals surface area (Å²) < 4.78 is 37.7. The molecule has 6 aromatic rings. The highest BCUT2D eigenvalue weighted by Crippen LogP contribution is 2.38. The Balaban J connectivity index is 1.39. The first-order chi connectivity index (χ1) is 24.2. The lowest BCUT2D eigenvalue weighted by molar-refractivity contribution is 0.0697. The van der Waals surface area contributed by atoms with Crippen LogP contribution in [0.25, 0.3) is 10.9 Å². The molecule has 0 fully saturated rings. The number of aromatic nitrogens is 1. The lowest BCUT2D eigenvalue weighted by atomic mass is 9.97. The van der Waals surface area contributed by atoms with Crippen molar-refractivity contribution in [3.8, 4) is 11.8 Å². The Hall–Kier alpha value is -5.40. The molecule has 0 aliphatic heterocycles. The van der Waals surface area contributed by atoms with Crippen molar-refractivity contribution in [1.29, 1.82) is 5.26 Å². The van der Waals surface area contributed by atoms with E-state index in [-0.39, 0.29) is 30.5 Å². The molecular formula is C40H34ClN3O5S. The summed E-state index contributed by atoms with van der Waals surface area (Å²) >= 11 is 6.60. The van der Waals surface area contributed by atoms with Gasteiger partial charge in [0.1, 0.15) is 5.75 Å². The van der Waals surface area contributed by atoms with Crippen molar-refractivity contribution in [2.75, 3.05) is 13.2 Å². The molecule has 5 aromatic carbocycles. The summed E-state index contributed by atoms with van der Waals surface area (Å²) in [6.07, 6.45) is 0.840. The van der Waals surface area contributed by atoms with Crippen LogP contribution in [0.5, 0.6) is 5.75 Å². The molecule has 0 saturated carbocycles. The molecule has 0 bridgehead atoms. The number of rotatable bonds is 14. The zero-order valence-electron chi connectivity index (χ0n) is 27.0. The number of halogens is 1. The predicted molar refractivity (Wildman–Crippen MR) is 195 cm³/mol. The monoisotopic (exact) mass is 703 g/mol. The maximum Gasteiger partial charge on any atom is 0.335 e. The van der Waals surface area contributed by atoms with Crippen molar-refractivity contribution in [3.63, 3.8) is 0 Å². The van der Waals surface area contributed by atoms with Gasteiger partial charge >= 0.3 is 5.97 Å². The molecule has 6 rings (SSSR count). The van der Waals surface area contributed by atoms with Crippen LogP contribution in [0.2, 0.25) is 5.02 Å². The standard InChI is InChI=1S/C40H34ClN3O5S/c41-33-16-19-37-36(25-33)35(21-23-49-34-17-14-32(15-18-34)40(45)46)38(20-22-43-50(47,48)27-29-9-7-8-28(24-29)26-42)44(37)39(30-10-3-1-4-11-30)31-12-5-2-6-13-31/h1-19,24-25,39,43H,20-23,27H2,(H,45,46). The molecule has 2 N–H and O–H groups in total. The van der Waals surface area contributed by atoms with Gasteiger partial charge < -0.3 is 14.4 Å². The van der Waals surface area contributed by atoms with Crippen molar-refractivity contribution < 1.29 is 23.1 Å². The molecule has 50 heavy (non-hydrogen) atoms. The average molecular weight is 704 g/mol. The quantitative estimate of drug-likeness (QED) is 0.120. The first-order valence-corrected chi connectivity index (χ1v) is 18.1. The number of hydrogen-bond donors (Lipinski definition) is 2. The maximum absolute atomic E-state index is 13.3.